The molecule has 3 N–H and O–H groups in total. The fraction of sp³-hybridized carbons (Fsp3) is 0.839. The van der Waals surface area contributed by atoms with Gasteiger partial charge in [-0.15, -0.1) is 0 Å². The molecule has 0 radical (unpaired) electrons. The first-order valence-electron chi connectivity index (χ1n) is 15.5. The van der Waals surface area contributed by atoms with E-state index in [1.165, 1.54) is 96.0 Å². The van der Waals surface area contributed by atoms with E-state index in [0.717, 1.165) is 32.1 Å². The first-order valence-corrected chi connectivity index (χ1v) is 17.1. The Morgan fingerprint density at radius 2 is 1.13 bits per heavy atom. The Morgan fingerprint density at radius 3 is 1.66 bits per heavy atom. The van der Waals surface area contributed by atoms with E-state index in [1.807, 2.05) is 0 Å². The number of aliphatic hydroxyl groups excluding tert-OH is 1. The Kier molecular flexibility index (Phi) is 25.3. The summed E-state index contributed by atoms with van der Waals surface area (Å²) in [5, 5.41) is 13.0. The minimum absolute atomic E-state index is 0.291. The second-order valence-electron chi connectivity index (χ2n) is 10.7. The standard InChI is InChI=1S/C31H59NO5S/c1-3-5-7-9-11-13-14-15-16-17-19-21-23-25-27-31(34)32-29(28-38(35,36)37)30(33)26-24-22-20-18-12-10-8-6-4-2/h12,18,24,26,29-30,33H,3-11,13-17,19-23,25,27-28H2,1-2H3,(H,32,34)(H,35,36,37)/b18-12+,26-24+. The van der Waals surface area contributed by atoms with Gasteiger partial charge in [0, 0.05) is 6.42 Å². The zero-order valence-electron chi connectivity index (χ0n) is 24.5. The van der Waals surface area contributed by atoms with Crippen LogP contribution in [-0.4, -0.2) is 41.9 Å². The highest BCUT2D eigenvalue weighted by molar-refractivity contribution is 7.85. The van der Waals surface area contributed by atoms with Crippen LogP contribution in [0.2, 0.25) is 0 Å². The number of allylic oxidation sites excluding steroid dienone is 3. The Labute approximate surface area is 234 Å². The van der Waals surface area contributed by atoms with Crippen molar-refractivity contribution in [3.8, 4) is 0 Å². The summed E-state index contributed by atoms with van der Waals surface area (Å²) in [7, 11) is -4.33. The van der Waals surface area contributed by atoms with Crippen molar-refractivity contribution in [3.63, 3.8) is 0 Å². The summed E-state index contributed by atoms with van der Waals surface area (Å²) in [4.78, 5) is 12.4. The Balaban J connectivity index is 4.06. The summed E-state index contributed by atoms with van der Waals surface area (Å²) < 4.78 is 32.1. The zero-order chi connectivity index (χ0) is 28.3. The summed E-state index contributed by atoms with van der Waals surface area (Å²) >= 11 is 0. The van der Waals surface area contributed by atoms with Gasteiger partial charge < -0.3 is 10.4 Å². The average molecular weight is 558 g/mol. The zero-order valence-corrected chi connectivity index (χ0v) is 25.4. The van der Waals surface area contributed by atoms with Crippen LogP contribution in [0.5, 0.6) is 0 Å². The van der Waals surface area contributed by atoms with Crippen molar-refractivity contribution in [1.82, 2.24) is 5.32 Å². The number of rotatable bonds is 27. The highest BCUT2D eigenvalue weighted by Gasteiger charge is 2.24. The van der Waals surface area contributed by atoms with Gasteiger partial charge in [0.15, 0.2) is 0 Å². The lowest BCUT2D eigenvalue weighted by Crippen LogP contribution is -2.46. The first-order chi connectivity index (χ1) is 18.3. The number of hydrogen-bond acceptors (Lipinski definition) is 4. The van der Waals surface area contributed by atoms with E-state index in [-0.39, 0.29) is 5.91 Å². The molecule has 0 bridgehead atoms. The normalized spacial score (nSPS) is 13.9. The van der Waals surface area contributed by atoms with Crippen LogP contribution in [-0.2, 0) is 14.9 Å². The molecule has 0 saturated carbocycles. The van der Waals surface area contributed by atoms with Crippen molar-refractivity contribution in [3.05, 3.63) is 24.3 Å². The molecule has 0 fully saturated rings. The van der Waals surface area contributed by atoms with Crippen molar-refractivity contribution in [1.29, 1.82) is 0 Å². The Morgan fingerprint density at radius 1 is 0.684 bits per heavy atom. The quantitative estimate of drug-likeness (QED) is 0.0538. The van der Waals surface area contributed by atoms with E-state index in [9.17, 15) is 22.9 Å². The molecule has 0 heterocycles. The second kappa shape index (κ2) is 26.1. The molecular formula is C31H59NO5S. The van der Waals surface area contributed by atoms with Crippen LogP contribution in [0.3, 0.4) is 0 Å². The number of hydrogen-bond donors (Lipinski definition) is 3. The third-order valence-electron chi connectivity index (χ3n) is 6.88. The van der Waals surface area contributed by atoms with Crippen LogP contribution >= 0.6 is 0 Å². The fourth-order valence-electron chi connectivity index (χ4n) is 4.52. The molecule has 0 aliphatic heterocycles. The highest BCUT2D eigenvalue weighted by Crippen LogP contribution is 2.13. The maximum atomic E-state index is 12.4. The maximum Gasteiger partial charge on any atom is 0.267 e. The van der Waals surface area contributed by atoms with Gasteiger partial charge in [0.2, 0.25) is 5.91 Å². The van der Waals surface area contributed by atoms with Crippen molar-refractivity contribution in [2.24, 2.45) is 0 Å². The average Bonchev–Trinajstić information content (AvgIpc) is 2.86. The van der Waals surface area contributed by atoms with Crippen LogP contribution in [0, 0.1) is 0 Å². The SMILES string of the molecule is CCCCC/C=C/CC/C=C/C(O)C(CS(=O)(=O)O)NC(=O)CCCCCCCCCCCCCCCC. The second-order valence-corrected chi connectivity index (χ2v) is 12.2. The molecule has 0 spiro atoms. The number of carbonyl (C=O) groups is 1. The molecule has 0 aliphatic rings. The summed E-state index contributed by atoms with van der Waals surface area (Å²) in [6.45, 7) is 4.43. The molecule has 0 rings (SSSR count). The van der Waals surface area contributed by atoms with Gasteiger partial charge in [0.05, 0.1) is 17.9 Å². The molecule has 1 amide bonds. The van der Waals surface area contributed by atoms with Gasteiger partial charge in [-0.2, -0.15) is 8.42 Å². The van der Waals surface area contributed by atoms with Crippen molar-refractivity contribution in [2.75, 3.05) is 5.75 Å². The summed E-state index contributed by atoms with van der Waals surface area (Å²) in [5.74, 6) is -1.000. The van der Waals surface area contributed by atoms with Gasteiger partial charge in [-0.3, -0.25) is 9.35 Å². The molecule has 6 nitrogen and oxygen atoms in total. The smallest absolute Gasteiger partial charge is 0.267 e. The molecule has 224 valence electrons. The monoisotopic (exact) mass is 557 g/mol. The number of amides is 1. The van der Waals surface area contributed by atoms with E-state index < -0.39 is 28.0 Å². The van der Waals surface area contributed by atoms with Crippen LogP contribution in [0.25, 0.3) is 0 Å². The lowest BCUT2D eigenvalue weighted by molar-refractivity contribution is -0.122. The Bertz CT molecular complexity index is 705. The van der Waals surface area contributed by atoms with Crippen molar-refractivity contribution >= 4 is 16.0 Å². The van der Waals surface area contributed by atoms with Gasteiger partial charge in [-0.1, -0.05) is 134 Å². The minimum atomic E-state index is -4.33. The fourth-order valence-corrected chi connectivity index (χ4v) is 5.26. The van der Waals surface area contributed by atoms with E-state index in [0.29, 0.717) is 12.8 Å². The van der Waals surface area contributed by atoms with E-state index in [4.69, 9.17) is 0 Å². The van der Waals surface area contributed by atoms with Crippen molar-refractivity contribution < 1.29 is 22.9 Å². The van der Waals surface area contributed by atoms with E-state index in [1.54, 1.807) is 6.08 Å². The number of aliphatic hydroxyl groups is 1. The number of unbranched alkanes of at least 4 members (excludes halogenated alkanes) is 17. The van der Waals surface area contributed by atoms with Gasteiger partial charge in [-0.05, 0) is 32.1 Å². The van der Waals surface area contributed by atoms with Crippen LogP contribution in [0.1, 0.15) is 149 Å². The maximum absolute atomic E-state index is 12.4. The van der Waals surface area contributed by atoms with Gasteiger partial charge in [-0.25, -0.2) is 0 Å². The molecular weight excluding hydrogens is 498 g/mol. The van der Waals surface area contributed by atoms with Crippen LogP contribution in [0.4, 0.5) is 0 Å². The molecule has 2 unspecified atom stereocenters. The lowest BCUT2D eigenvalue weighted by Gasteiger charge is -2.21. The largest absolute Gasteiger partial charge is 0.387 e. The minimum Gasteiger partial charge on any atom is -0.387 e. The molecule has 38 heavy (non-hydrogen) atoms. The third kappa shape index (κ3) is 26.4. The topological polar surface area (TPSA) is 104 Å². The predicted molar refractivity (Wildman–Crippen MR) is 161 cm³/mol. The van der Waals surface area contributed by atoms with Gasteiger partial charge >= 0.3 is 0 Å². The van der Waals surface area contributed by atoms with E-state index in [2.05, 4.69) is 31.3 Å². The van der Waals surface area contributed by atoms with Crippen LogP contribution in [0.15, 0.2) is 24.3 Å². The van der Waals surface area contributed by atoms with Crippen LogP contribution < -0.4 is 5.32 Å². The Hall–Kier alpha value is -1.18. The summed E-state index contributed by atoms with van der Waals surface area (Å²) in [5.41, 5.74) is 0. The molecule has 2 atom stereocenters. The molecule has 0 aromatic rings. The number of nitrogens with one attached hydrogen (secondary N) is 1. The molecule has 0 saturated heterocycles. The van der Waals surface area contributed by atoms with Gasteiger partial charge in [0.1, 0.15) is 0 Å². The van der Waals surface area contributed by atoms with Crippen molar-refractivity contribution in [2.45, 2.75) is 161 Å². The van der Waals surface area contributed by atoms with Gasteiger partial charge in [0.25, 0.3) is 10.1 Å². The summed E-state index contributed by atoms with van der Waals surface area (Å²) in [6.07, 6.45) is 30.3. The molecule has 0 aromatic carbocycles. The molecule has 7 heteroatoms. The van der Waals surface area contributed by atoms with E-state index >= 15 is 0 Å². The predicted octanol–water partition coefficient (Wildman–Crippen LogP) is 8.06. The highest BCUT2D eigenvalue weighted by atomic mass is 32.2. The molecule has 0 aliphatic carbocycles. The first kappa shape index (κ1) is 36.8. The third-order valence-corrected chi connectivity index (χ3v) is 7.66. The molecule has 0 aromatic heterocycles. The number of carbonyl (C=O) groups excluding carboxylic acids is 1. The summed E-state index contributed by atoms with van der Waals surface area (Å²) in [6, 6.07) is -1.06. The lowest BCUT2D eigenvalue weighted by atomic mass is 10.0.